The van der Waals surface area contributed by atoms with Gasteiger partial charge in [-0.1, -0.05) is 147 Å². The molecule has 1 aliphatic rings. The second kappa shape index (κ2) is 12.9. The zero-order valence-corrected chi connectivity index (χ0v) is 36.5. The molecule has 3 heteroatoms. The van der Waals surface area contributed by atoms with Crippen LogP contribution in [-0.4, -0.2) is 13.5 Å². The van der Waals surface area contributed by atoms with Gasteiger partial charge in [0.05, 0.1) is 38.6 Å². The number of fused-ring (bicyclic) bond motifs is 15. The van der Waals surface area contributed by atoms with Crippen LogP contribution in [0.5, 0.6) is 0 Å². The molecule has 0 amide bonds. The summed E-state index contributed by atoms with van der Waals surface area (Å²) in [6, 6.07) is 79.3. The highest BCUT2D eigenvalue weighted by atomic mass is 15.0. The molecule has 66 heavy (non-hydrogen) atoms. The van der Waals surface area contributed by atoms with E-state index in [1.54, 1.807) is 0 Å². The number of hydrogen-bond acceptors (Lipinski definition) is 0. The molecular weight excluding hydrogens is 799 g/mol. The molecule has 0 saturated heterocycles. The van der Waals surface area contributed by atoms with E-state index >= 15 is 0 Å². The van der Waals surface area contributed by atoms with Gasteiger partial charge >= 0.3 is 0 Å². The first-order valence-corrected chi connectivity index (χ1v) is 23.1. The molecule has 4 heterocycles. The third kappa shape index (κ3) is 4.71. The summed E-state index contributed by atoms with van der Waals surface area (Å²) in [5, 5.41) is 10.3. The highest BCUT2D eigenvalue weighted by Gasteiger charge is 2.36. The van der Waals surface area contributed by atoms with Crippen LogP contribution < -0.4 is 0 Å². The lowest BCUT2D eigenvalue weighted by Crippen LogP contribution is -2.15. The number of para-hydroxylation sites is 5. The lowest BCUT2D eigenvalue weighted by Gasteiger charge is -2.22. The largest absolute Gasteiger partial charge is 0.309 e. The second-order valence-electron chi connectivity index (χ2n) is 18.9. The highest BCUT2D eigenvalue weighted by molar-refractivity contribution is 6.23. The van der Waals surface area contributed by atoms with Crippen LogP contribution in [0.25, 0.3) is 126 Å². The number of nitrogens with zero attached hydrogens (tertiary/aromatic N) is 3. The van der Waals surface area contributed by atoms with Crippen LogP contribution in [-0.2, 0) is 5.41 Å². The van der Waals surface area contributed by atoms with Gasteiger partial charge in [-0.05, 0) is 123 Å². The summed E-state index contributed by atoms with van der Waals surface area (Å²) in [4.78, 5) is 0. The van der Waals surface area contributed by atoms with Crippen molar-refractivity contribution in [3.63, 3.8) is 0 Å². The predicted octanol–water partition coefficient (Wildman–Crippen LogP) is 16.7. The SMILES string of the molecule is CC1(C)c2cc(-c3ccc4c(c3)c3ccccc3n4-c3ccccc3)ccc2-c2ccc(-c3ccc4c(c3)c3ccccc3n4-c3ccc4c5cccc6c7ccccc7n(c4c3)c65)cc21. The summed E-state index contributed by atoms with van der Waals surface area (Å²) in [6.45, 7) is 4.80. The Kier molecular flexibility index (Phi) is 7.02. The maximum atomic E-state index is 2.48. The number of hydrogen-bond donors (Lipinski definition) is 0. The van der Waals surface area contributed by atoms with Crippen molar-refractivity contribution in [1.82, 2.24) is 13.5 Å². The number of aromatic nitrogens is 3. The van der Waals surface area contributed by atoms with Gasteiger partial charge in [0.1, 0.15) is 0 Å². The van der Waals surface area contributed by atoms with E-state index in [1.165, 1.54) is 138 Å². The van der Waals surface area contributed by atoms with Crippen molar-refractivity contribution in [2.24, 2.45) is 0 Å². The molecule has 0 saturated carbocycles. The Morgan fingerprint density at radius 3 is 1.32 bits per heavy atom. The van der Waals surface area contributed by atoms with Crippen molar-refractivity contribution in [2.75, 3.05) is 0 Å². The third-order valence-corrected chi connectivity index (χ3v) is 15.2. The van der Waals surface area contributed by atoms with Crippen molar-refractivity contribution in [1.29, 1.82) is 0 Å². The Balaban J connectivity index is 0.823. The van der Waals surface area contributed by atoms with Gasteiger partial charge in [0.25, 0.3) is 0 Å². The molecule has 0 unspecified atom stereocenters. The van der Waals surface area contributed by atoms with Gasteiger partial charge in [0.2, 0.25) is 0 Å². The molecule has 15 rings (SSSR count). The van der Waals surface area contributed by atoms with Crippen molar-refractivity contribution in [2.45, 2.75) is 19.3 Å². The Bertz CT molecular complexity index is 4360. The van der Waals surface area contributed by atoms with E-state index in [0.717, 1.165) is 0 Å². The van der Waals surface area contributed by atoms with Gasteiger partial charge in [-0.2, -0.15) is 0 Å². The minimum Gasteiger partial charge on any atom is -0.309 e. The first-order valence-electron chi connectivity index (χ1n) is 23.1. The van der Waals surface area contributed by atoms with E-state index in [-0.39, 0.29) is 5.41 Å². The minimum atomic E-state index is -0.173. The van der Waals surface area contributed by atoms with E-state index in [2.05, 4.69) is 240 Å². The van der Waals surface area contributed by atoms with E-state index in [0.29, 0.717) is 0 Å². The summed E-state index contributed by atoms with van der Waals surface area (Å²) in [6.07, 6.45) is 0. The lowest BCUT2D eigenvalue weighted by atomic mass is 9.80. The molecule has 308 valence electrons. The molecular formula is C63H41N3. The summed E-state index contributed by atoms with van der Waals surface area (Å²) in [7, 11) is 0. The van der Waals surface area contributed by atoms with Gasteiger partial charge in [-0.25, -0.2) is 0 Å². The zero-order chi connectivity index (χ0) is 43.4. The quantitative estimate of drug-likeness (QED) is 0.168. The molecule has 0 spiro atoms. The van der Waals surface area contributed by atoms with E-state index in [1.807, 2.05) is 0 Å². The second-order valence-corrected chi connectivity index (χ2v) is 18.9. The average Bonchev–Trinajstić information content (AvgIpc) is 4.14. The van der Waals surface area contributed by atoms with Gasteiger partial charge < -0.3 is 13.5 Å². The molecule has 0 aliphatic heterocycles. The fraction of sp³-hybridized carbons (Fsp3) is 0.0476. The smallest absolute Gasteiger partial charge is 0.0620 e. The summed E-state index contributed by atoms with van der Waals surface area (Å²) < 4.78 is 7.32. The Hall–Kier alpha value is -8.40. The van der Waals surface area contributed by atoms with Crippen molar-refractivity contribution >= 4 is 81.7 Å². The van der Waals surface area contributed by atoms with Crippen molar-refractivity contribution in [3.05, 3.63) is 223 Å². The monoisotopic (exact) mass is 839 g/mol. The predicted molar refractivity (Wildman–Crippen MR) is 278 cm³/mol. The fourth-order valence-electron chi connectivity index (χ4n) is 12.1. The van der Waals surface area contributed by atoms with Gasteiger partial charge in [-0.3, -0.25) is 0 Å². The average molecular weight is 840 g/mol. The fourth-order valence-corrected chi connectivity index (χ4v) is 12.1. The van der Waals surface area contributed by atoms with Crippen molar-refractivity contribution < 1.29 is 0 Å². The molecule has 0 N–H and O–H groups in total. The summed E-state index contributed by atoms with van der Waals surface area (Å²) in [5.41, 5.74) is 21.2. The van der Waals surface area contributed by atoms with Crippen LogP contribution >= 0.6 is 0 Å². The van der Waals surface area contributed by atoms with Crippen LogP contribution in [0.3, 0.4) is 0 Å². The molecule has 1 aliphatic carbocycles. The first kappa shape index (κ1) is 36.0. The normalized spacial score (nSPS) is 13.4. The zero-order valence-electron chi connectivity index (χ0n) is 36.5. The molecule has 3 nitrogen and oxygen atoms in total. The van der Waals surface area contributed by atoms with Crippen LogP contribution in [0.1, 0.15) is 25.0 Å². The maximum Gasteiger partial charge on any atom is 0.0620 e. The Morgan fingerprint density at radius 2 is 0.727 bits per heavy atom. The van der Waals surface area contributed by atoms with Crippen LogP contribution in [0.2, 0.25) is 0 Å². The molecule has 14 aromatic rings. The van der Waals surface area contributed by atoms with E-state index in [9.17, 15) is 0 Å². The molecule has 4 aromatic heterocycles. The summed E-state index contributed by atoms with van der Waals surface area (Å²) >= 11 is 0. The molecule has 0 radical (unpaired) electrons. The summed E-state index contributed by atoms with van der Waals surface area (Å²) in [5.74, 6) is 0. The number of benzene rings is 10. The van der Waals surface area contributed by atoms with Crippen molar-refractivity contribution in [3.8, 4) is 44.8 Å². The lowest BCUT2D eigenvalue weighted by molar-refractivity contribution is 0.661. The molecule has 10 aromatic carbocycles. The minimum absolute atomic E-state index is 0.173. The standard InChI is InChI=1S/C63H41N3/c1-63(2)54-35-40(38-25-31-59-52(33-38)47-16-7-9-20-56(47)64(59)42-13-4-3-5-14-42)23-28-44(54)45-29-24-41(36-55(45)63)39-26-32-60-53(34-39)48-17-8-10-21-57(48)65(60)43-27-30-49-51-19-12-18-50-46-15-6-11-22-58(46)66(62(50)51)61(49)37-43/h3-37H,1-2H3. The molecule has 0 fully saturated rings. The molecule has 0 bridgehead atoms. The van der Waals surface area contributed by atoms with Gasteiger partial charge in [0.15, 0.2) is 0 Å². The molecule has 0 atom stereocenters. The first-order chi connectivity index (χ1) is 32.5. The van der Waals surface area contributed by atoms with E-state index < -0.39 is 0 Å². The van der Waals surface area contributed by atoms with Crippen LogP contribution in [0.4, 0.5) is 0 Å². The van der Waals surface area contributed by atoms with Gasteiger partial charge in [0, 0.05) is 59.9 Å². The maximum absolute atomic E-state index is 2.48. The third-order valence-electron chi connectivity index (χ3n) is 15.2. The van der Waals surface area contributed by atoms with Crippen LogP contribution in [0.15, 0.2) is 212 Å². The topological polar surface area (TPSA) is 14.3 Å². The van der Waals surface area contributed by atoms with Gasteiger partial charge in [-0.15, -0.1) is 0 Å². The van der Waals surface area contributed by atoms with Crippen LogP contribution in [0, 0.1) is 0 Å². The van der Waals surface area contributed by atoms with E-state index in [4.69, 9.17) is 0 Å². The highest BCUT2D eigenvalue weighted by Crippen LogP contribution is 2.51. The Labute approximate surface area is 381 Å². The number of rotatable bonds is 4. The Morgan fingerprint density at radius 1 is 0.288 bits per heavy atom.